The molecule has 1 aromatic carbocycles. The van der Waals surface area contributed by atoms with Crippen LogP contribution in [-0.4, -0.2) is 29.9 Å². The molecule has 0 bridgehead atoms. The van der Waals surface area contributed by atoms with Crippen LogP contribution in [0.25, 0.3) is 0 Å². The third-order valence-electron chi connectivity index (χ3n) is 3.34. The Labute approximate surface area is 122 Å². The molecule has 1 aromatic rings. The van der Waals surface area contributed by atoms with E-state index in [1.165, 1.54) is 0 Å². The molecule has 18 heavy (non-hydrogen) atoms. The van der Waals surface area contributed by atoms with Gasteiger partial charge in [-0.3, -0.25) is 4.79 Å². The fourth-order valence-corrected chi connectivity index (χ4v) is 2.69. The monoisotopic (exact) mass is 332 g/mol. The molecule has 1 saturated heterocycles. The molecule has 1 amide bonds. The number of benzene rings is 1. The van der Waals surface area contributed by atoms with E-state index in [4.69, 9.17) is 5.73 Å². The molecule has 0 aromatic heterocycles. The summed E-state index contributed by atoms with van der Waals surface area (Å²) in [5.41, 5.74) is 7.50. The maximum Gasteiger partial charge on any atom is 0.254 e. The van der Waals surface area contributed by atoms with Crippen LogP contribution in [0.1, 0.15) is 28.8 Å². The molecule has 100 valence electrons. The molecule has 1 unspecified atom stereocenters. The summed E-state index contributed by atoms with van der Waals surface area (Å²) in [5.74, 6) is 0.108. The van der Waals surface area contributed by atoms with Gasteiger partial charge in [-0.25, -0.2) is 0 Å². The summed E-state index contributed by atoms with van der Waals surface area (Å²) in [6.45, 7) is 3.35. The van der Waals surface area contributed by atoms with Crippen molar-refractivity contribution in [2.24, 2.45) is 5.73 Å². The lowest BCUT2D eigenvalue weighted by molar-refractivity contribution is 0.0740. The molecule has 0 saturated carbocycles. The van der Waals surface area contributed by atoms with Crippen molar-refractivity contribution in [3.63, 3.8) is 0 Å². The number of likely N-dealkylation sites (tertiary alicyclic amines) is 1. The summed E-state index contributed by atoms with van der Waals surface area (Å²) in [4.78, 5) is 14.4. The number of carbonyl (C=O) groups excluding carboxylic acids is 1. The normalized spacial score (nSPS) is 18.6. The zero-order chi connectivity index (χ0) is 12.4. The average molecular weight is 334 g/mol. The van der Waals surface area contributed by atoms with Gasteiger partial charge in [0.25, 0.3) is 5.91 Å². The minimum Gasteiger partial charge on any atom is -0.334 e. The van der Waals surface area contributed by atoms with Crippen LogP contribution in [0.2, 0.25) is 0 Å². The number of rotatable bonds is 2. The summed E-state index contributed by atoms with van der Waals surface area (Å²) < 4.78 is 0.940. The number of halogens is 2. The molecule has 1 atom stereocenters. The van der Waals surface area contributed by atoms with Crippen LogP contribution < -0.4 is 5.73 Å². The van der Waals surface area contributed by atoms with Crippen LogP contribution >= 0.6 is 28.3 Å². The number of carbonyl (C=O) groups is 1. The molecule has 2 rings (SSSR count). The van der Waals surface area contributed by atoms with Crippen LogP contribution in [0.4, 0.5) is 0 Å². The lowest BCUT2D eigenvalue weighted by Crippen LogP contribution is -2.40. The number of nitrogens with two attached hydrogens (primary N) is 1. The van der Waals surface area contributed by atoms with Crippen molar-refractivity contribution in [3.05, 3.63) is 33.8 Å². The molecular formula is C13H18BrClN2O. The Kier molecular flexibility index (Phi) is 5.63. The van der Waals surface area contributed by atoms with E-state index in [-0.39, 0.29) is 24.4 Å². The molecule has 0 spiro atoms. The van der Waals surface area contributed by atoms with Crippen molar-refractivity contribution in [3.8, 4) is 0 Å². The smallest absolute Gasteiger partial charge is 0.254 e. The number of hydrogen-bond donors (Lipinski definition) is 1. The van der Waals surface area contributed by atoms with Crippen molar-refractivity contribution >= 4 is 34.2 Å². The Morgan fingerprint density at radius 3 is 2.94 bits per heavy atom. The molecule has 1 aliphatic heterocycles. The van der Waals surface area contributed by atoms with Gasteiger partial charge >= 0.3 is 0 Å². The van der Waals surface area contributed by atoms with E-state index >= 15 is 0 Å². The van der Waals surface area contributed by atoms with Gasteiger partial charge < -0.3 is 10.6 Å². The fourth-order valence-electron chi connectivity index (χ4n) is 2.33. The second-order valence-electron chi connectivity index (χ2n) is 4.49. The molecule has 1 heterocycles. The van der Waals surface area contributed by atoms with E-state index in [1.807, 2.05) is 30.0 Å². The highest BCUT2D eigenvalue weighted by atomic mass is 79.9. The molecule has 3 nitrogen and oxygen atoms in total. The van der Waals surface area contributed by atoms with Gasteiger partial charge in [0.2, 0.25) is 0 Å². The highest BCUT2D eigenvalue weighted by Gasteiger charge is 2.28. The number of aryl methyl sites for hydroxylation is 1. The molecule has 5 heteroatoms. The molecule has 0 aliphatic carbocycles. The van der Waals surface area contributed by atoms with Crippen molar-refractivity contribution in [1.29, 1.82) is 0 Å². The Morgan fingerprint density at radius 1 is 1.56 bits per heavy atom. The first-order valence-corrected chi connectivity index (χ1v) is 6.70. The van der Waals surface area contributed by atoms with E-state index in [1.54, 1.807) is 0 Å². The summed E-state index contributed by atoms with van der Waals surface area (Å²) in [7, 11) is 0. The number of nitrogens with zero attached hydrogens (tertiary/aromatic N) is 1. The topological polar surface area (TPSA) is 46.3 Å². The van der Waals surface area contributed by atoms with Crippen molar-refractivity contribution in [2.45, 2.75) is 25.8 Å². The van der Waals surface area contributed by atoms with Crippen molar-refractivity contribution in [2.75, 3.05) is 13.1 Å². The van der Waals surface area contributed by atoms with E-state index in [0.29, 0.717) is 6.54 Å². The van der Waals surface area contributed by atoms with Crippen LogP contribution in [0.3, 0.4) is 0 Å². The van der Waals surface area contributed by atoms with Gasteiger partial charge in [0.15, 0.2) is 0 Å². The predicted molar refractivity (Wildman–Crippen MR) is 79.2 cm³/mol. The average Bonchev–Trinajstić information content (AvgIpc) is 2.79. The second-order valence-corrected chi connectivity index (χ2v) is 5.41. The van der Waals surface area contributed by atoms with Gasteiger partial charge in [-0.1, -0.05) is 22.0 Å². The largest absolute Gasteiger partial charge is 0.334 e. The fraction of sp³-hybridized carbons (Fsp3) is 0.462. The first-order chi connectivity index (χ1) is 8.13. The molecule has 1 fully saturated rings. The third kappa shape index (κ3) is 3.05. The lowest BCUT2D eigenvalue weighted by Gasteiger charge is -2.24. The number of amides is 1. The Morgan fingerprint density at radius 2 is 2.28 bits per heavy atom. The van der Waals surface area contributed by atoms with Gasteiger partial charge in [-0.15, -0.1) is 12.4 Å². The van der Waals surface area contributed by atoms with E-state index in [0.717, 1.165) is 35.0 Å². The minimum atomic E-state index is 0. The number of hydrogen-bond acceptors (Lipinski definition) is 2. The molecule has 2 N–H and O–H groups in total. The van der Waals surface area contributed by atoms with Crippen LogP contribution in [0, 0.1) is 6.92 Å². The van der Waals surface area contributed by atoms with Crippen molar-refractivity contribution in [1.82, 2.24) is 4.90 Å². The lowest BCUT2D eigenvalue weighted by atomic mass is 10.1. The van der Waals surface area contributed by atoms with E-state index < -0.39 is 0 Å². The zero-order valence-corrected chi connectivity index (χ0v) is 12.8. The van der Waals surface area contributed by atoms with Gasteiger partial charge in [0, 0.05) is 29.2 Å². The van der Waals surface area contributed by atoms with Gasteiger partial charge in [0.05, 0.1) is 0 Å². The highest BCUT2D eigenvalue weighted by Crippen LogP contribution is 2.23. The van der Waals surface area contributed by atoms with Crippen molar-refractivity contribution < 1.29 is 4.79 Å². The summed E-state index contributed by atoms with van der Waals surface area (Å²) >= 11 is 3.41. The Bertz CT molecular complexity index is 439. The maximum atomic E-state index is 12.4. The Hall–Kier alpha value is -0.580. The molecular weight excluding hydrogens is 316 g/mol. The Balaban J connectivity index is 0.00000162. The summed E-state index contributed by atoms with van der Waals surface area (Å²) in [5, 5.41) is 0. The van der Waals surface area contributed by atoms with Gasteiger partial charge in [-0.05, 0) is 37.5 Å². The summed E-state index contributed by atoms with van der Waals surface area (Å²) in [6, 6.07) is 6.02. The first kappa shape index (κ1) is 15.5. The second kappa shape index (κ2) is 6.55. The minimum absolute atomic E-state index is 0. The van der Waals surface area contributed by atoms with E-state index in [9.17, 15) is 4.79 Å². The van der Waals surface area contributed by atoms with Crippen LogP contribution in [0.15, 0.2) is 22.7 Å². The summed E-state index contributed by atoms with van der Waals surface area (Å²) in [6.07, 6.45) is 2.08. The standard InChI is InChI=1S/C13H17BrN2O.ClH/c1-9-4-5-10(14)7-12(9)13(17)16-6-2-3-11(16)8-15;/h4-5,7,11H,2-3,6,8,15H2,1H3;1H. The SMILES string of the molecule is Cc1ccc(Br)cc1C(=O)N1CCCC1CN.Cl. The predicted octanol–water partition coefficient (Wildman–Crippen LogP) is 2.74. The van der Waals surface area contributed by atoms with Crippen LogP contribution in [0.5, 0.6) is 0 Å². The quantitative estimate of drug-likeness (QED) is 0.904. The molecule has 1 aliphatic rings. The maximum absolute atomic E-state index is 12.4. The third-order valence-corrected chi connectivity index (χ3v) is 3.83. The van der Waals surface area contributed by atoms with Gasteiger partial charge in [-0.2, -0.15) is 0 Å². The first-order valence-electron chi connectivity index (χ1n) is 5.90. The zero-order valence-electron chi connectivity index (χ0n) is 10.4. The van der Waals surface area contributed by atoms with Gasteiger partial charge in [0.1, 0.15) is 0 Å². The highest BCUT2D eigenvalue weighted by molar-refractivity contribution is 9.10. The molecule has 0 radical (unpaired) electrons. The van der Waals surface area contributed by atoms with E-state index in [2.05, 4.69) is 15.9 Å². The van der Waals surface area contributed by atoms with Crippen LogP contribution in [-0.2, 0) is 0 Å².